The van der Waals surface area contributed by atoms with Gasteiger partial charge in [-0.1, -0.05) is 48.9 Å². The third-order valence-corrected chi connectivity index (χ3v) is 9.92. The zero-order chi connectivity index (χ0) is 35.2. The van der Waals surface area contributed by atoms with Crippen LogP contribution in [0.5, 0.6) is 0 Å². The summed E-state index contributed by atoms with van der Waals surface area (Å²) in [4.78, 5) is 44.3. The fourth-order valence-electron chi connectivity index (χ4n) is 7.68. The Labute approximate surface area is 294 Å². The normalized spacial score (nSPS) is 20.6. The third kappa shape index (κ3) is 7.30. The van der Waals surface area contributed by atoms with E-state index in [1.807, 2.05) is 52.6 Å². The zero-order valence-corrected chi connectivity index (χ0v) is 30.2. The van der Waals surface area contributed by atoms with E-state index in [1.165, 1.54) is 16.7 Å². The second-order valence-electron chi connectivity index (χ2n) is 16.1. The number of fused-ring (bicyclic) bond motifs is 3. The van der Waals surface area contributed by atoms with Gasteiger partial charge in [-0.3, -0.25) is 4.90 Å². The highest BCUT2D eigenvalue weighted by atomic mass is 16.6. The SMILES string of the molecule is CC(C)(C)OC(=O)N[C@@H]1CCC[C@@H]1c1ncc(-c2ccc(-c3ccc4c(c3)CCCc3[nH]c([C@@H]5CCCN5C(=O)OC(C)(C)C)nc3-4)cc2)[nH]1. The van der Waals surface area contributed by atoms with Crippen LogP contribution in [0.3, 0.4) is 0 Å². The van der Waals surface area contributed by atoms with Crippen LogP contribution in [-0.2, 0) is 22.3 Å². The molecule has 1 saturated carbocycles. The molecule has 2 aromatic heterocycles. The minimum Gasteiger partial charge on any atom is -0.444 e. The van der Waals surface area contributed by atoms with Gasteiger partial charge in [-0.25, -0.2) is 19.6 Å². The van der Waals surface area contributed by atoms with Gasteiger partial charge in [0, 0.05) is 29.8 Å². The molecule has 2 fully saturated rings. The summed E-state index contributed by atoms with van der Waals surface area (Å²) in [6.45, 7) is 12.0. The highest BCUT2D eigenvalue weighted by Gasteiger charge is 2.36. The standard InChI is InChI=1S/C40H50N6O4/c1-39(2,3)49-37(47)44-30-12-8-11-29(30)35-41-23-32(43-35)25-17-15-24(16-18-25)26-19-20-28-27(22-26)10-7-13-31-34(28)45-36(42-31)33-14-9-21-46(33)38(48)50-40(4,5)6/h15-20,22-23,29-30,33H,7-14,21H2,1-6H3,(H,41,43)(H,42,45)(H,44,47)/t29-,30+,33-/m0/s1. The number of aromatic nitrogens is 4. The summed E-state index contributed by atoms with van der Waals surface area (Å²) in [6.07, 6.45) is 8.90. The number of likely N-dealkylation sites (tertiary alicyclic amines) is 1. The van der Waals surface area contributed by atoms with Gasteiger partial charge in [0.05, 0.1) is 23.6 Å². The number of carbonyl (C=O) groups excluding carboxylic acids is 2. The van der Waals surface area contributed by atoms with Crippen LogP contribution in [0.2, 0.25) is 0 Å². The molecule has 1 saturated heterocycles. The molecule has 3 aliphatic rings. The van der Waals surface area contributed by atoms with Crippen molar-refractivity contribution in [2.75, 3.05) is 6.54 Å². The first-order valence-electron chi connectivity index (χ1n) is 18.2. The van der Waals surface area contributed by atoms with E-state index in [0.717, 1.165) is 91.2 Å². The molecule has 3 heterocycles. The van der Waals surface area contributed by atoms with Crippen molar-refractivity contribution in [3.8, 4) is 33.6 Å². The number of H-pyrrole nitrogens is 2. The molecule has 1 aliphatic heterocycles. The van der Waals surface area contributed by atoms with E-state index in [1.54, 1.807) is 0 Å². The zero-order valence-electron chi connectivity index (χ0n) is 30.2. The second-order valence-corrected chi connectivity index (χ2v) is 16.1. The number of ether oxygens (including phenoxy) is 2. The van der Waals surface area contributed by atoms with Crippen molar-refractivity contribution in [1.29, 1.82) is 0 Å². The topological polar surface area (TPSA) is 125 Å². The van der Waals surface area contributed by atoms with Crippen molar-refractivity contribution < 1.29 is 19.1 Å². The smallest absolute Gasteiger partial charge is 0.410 e. The van der Waals surface area contributed by atoms with Crippen LogP contribution < -0.4 is 5.32 Å². The minimum absolute atomic E-state index is 0.00166. The molecule has 50 heavy (non-hydrogen) atoms. The van der Waals surface area contributed by atoms with E-state index >= 15 is 0 Å². The quantitative estimate of drug-likeness (QED) is 0.194. The summed E-state index contributed by atoms with van der Waals surface area (Å²) in [5.41, 5.74) is 7.91. The number of aryl methyl sites for hydroxylation is 2. The first-order chi connectivity index (χ1) is 23.8. The van der Waals surface area contributed by atoms with E-state index in [4.69, 9.17) is 19.4 Å². The van der Waals surface area contributed by atoms with Gasteiger partial charge in [0.2, 0.25) is 0 Å². The van der Waals surface area contributed by atoms with Crippen LogP contribution in [0.25, 0.3) is 33.6 Å². The molecule has 3 N–H and O–H groups in total. The van der Waals surface area contributed by atoms with Gasteiger partial charge >= 0.3 is 12.2 Å². The lowest BCUT2D eigenvalue weighted by Crippen LogP contribution is -2.40. The Morgan fingerprint density at radius 3 is 2.32 bits per heavy atom. The van der Waals surface area contributed by atoms with E-state index in [2.05, 4.69) is 57.7 Å². The van der Waals surface area contributed by atoms with Gasteiger partial charge in [-0.15, -0.1) is 0 Å². The number of rotatable bonds is 5. The van der Waals surface area contributed by atoms with Crippen molar-refractivity contribution in [3.05, 3.63) is 71.6 Å². The molecule has 10 nitrogen and oxygen atoms in total. The lowest BCUT2D eigenvalue weighted by atomic mass is 9.95. The summed E-state index contributed by atoms with van der Waals surface area (Å²) < 4.78 is 11.2. The largest absolute Gasteiger partial charge is 0.444 e. The molecule has 0 radical (unpaired) electrons. The maximum absolute atomic E-state index is 13.0. The first-order valence-corrected chi connectivity index (χ1v) is 18.2. The van der Waals surface area contributed by atoms with Crippen LogP contribution in [0.4, 0.5) is 9.59 Å². The third-order valence-electron chi connectivity index (χ3n) is 9.92. The van der Waals surface area contributed by atoms with Gasteiger partial charge in [0.1, 0.15) is 22.9 Å². The van der Waals surface area contributed by atoms with E-state index in [0.29, 0.717) is 6.54 Å². The molecule has 2 amide bonds. The number of benzene rings is 2. The Balaban J connectivity index is 1.06. The number of amides is 2. The number of carbonyl (C=O) groups is 2. The molecule has 264 valence electrons. The Bertz CT molecular complexity index is 1860. The van der Waals surface area contributed by atoms with Gasteiger partial charge in [-0.05, 0) is 109 Å². The van der Waals surface area contributed by atoms with E-state index < -0.39 is 11.2 Å². The fraction of sp³-hybridized carbons (Fsp3) is 0.500. The molecule has 3 atom stereocenters. The molecular weight excluding hydrogens is 628 g/mol. The maximum atomic E-state index is 13.0. The summed E-state index contributed by atoms with van der Waals surface area (Å²) in [5.74, 6) is 1.89. The minimum atomic E-state index is -0.535. The molecule has 0 unspecified atom stereocenters. The van der Waals surface area contributed by atoms with Crippen LogP contribution >= 0.6 is 0 Å². The van der Waals surface area contributed by atoms with Crippen LogP contribution in [0.15, 0.2) is 48.7 Å². The predicted molar refractivity (Wildman–Crippen MR) is 194 cm³/mol. The fourth-order valence-corrected chi connectivity index (χ4v) is 7.68. The molecule has 2 aliphatic carbocycles. The highest BCUT2D eigenvalue weighted by molar-refractivity contribution is 5.75. The Morgan fingerprint density at radius 1 is 0.820 bits per heavy atom. The van der Waals surface area contributed by atoms with Crippen molar-refractivity contribution in [3.63, 3.8) is 0 Å². The van der Waals surface area contributed by atoms with E-state index in [9.17, 15) is 9.59 Å². The summed E-state index contributed by atoms with van der Waals surface area (Å²) in [6, 6.07) is 15.2. The summed E-state index contributed by atoms with van der Waals surface area (Å²) in [7, 11) is 0. The van der Waals surface area contributed by atoms with Gasteiger partial charge in [-0.2, -0.15) is 0 Å². The van der Waals surface area contributed by atoms with Crippen LogP contribution in [-0.4, -0.2) is 60.8 Å². The number of hydrogen-bond donors (Lipinski definition) is 3. The molecule has 4 aromatic rings. The average Bonchev–Trinajstić information content (AvgIpc) is 3.85. The number of nitrogens with one attached hydrogen (secondary N) is 3. The highest BCUT2D eigenvalue weighted by Crippen LogP contribution is 2.39. The van der Waals surface area contributed by atoms with Crippen molar-refractivity contribution >= 4 is 12.2 Å². The molecule has 7 rings (SSSR count). The molecule has 0 spiro atoms. The Morgan fingerprint density at radius 2 is 1.56 bits per heavy atom. The lowest BCUT2D eigenvalue weighted by molar-refractivity contribution is 0.0218. The maximum Gasteiger partial charge on any atom is 0.410 e. The molecular formula is C40H50N6O4. The van der Waals surface area contributed by atoms with Crippen LogP contribution in [0.1, 0.15) is 115 Å². The lowest BCUT2D eigenvalue weighted by Gasteiger charge is -2.27. The predicted octanol–water partition coefficient (Wildman–Crippen LogP) is 8.86. The average molecular weight is 679 g/mol. The number of alkyl carbamates (subject to hydrolysis) is 1. The van der Waals surface area contributed by atoms with Crippen molar-refractivity contribution in [2.45, 2.75) is 122 Å². The first kappa shape index (κ1) is 33.9. The monoisotopic (exact) mass is 678 g/mol. The van der Waals surface area contributed by atoms with Crippen LogP contribution in [0, 0.1) is 0 Å². The molecule has 0 bridgehead atoms. The van der Waals surface area contributed by atoms with Gasteiger partial charge in [0.15, 0.2) is 0 Å². The Hall–Kier alpha value is -4.60. The van der Waals surface area contributed by atoms with Gasteiger partial charge in [0.25, 0.3) is 0 Å². The molecule has 2 aromatic carbocycles. The number of aromatic amines is 2. The number of nitrogens with zero attached hydrogens (tertiary/aromatic N) is 3. The Kier molecular flexibility index (Phi) is 8.99. The number of hydrogen-bond acceptors (Lipinski definition) is 6. The molecule has 10 heteroatoms. The summed E-state index contributed by atoms with van der Waals surface area (Å²) >= 11 is 0. The van der Waals surface area contributed by atoms with Gasteiger partial charge < -0.3 is 24.8 Å². The summed E-state index contributed by atoms with van der Waals surface area (Å²) in [5, 5.41) is 3.07. The number of imidazole rings is 2. The van der Waals surface area contributed by atoms with Crippen molar-refractivity contribution in [1.82, 2.24) is 30.2 Å². The second kappa shape index (κ2) is 13.3. The van der Waals surface area contributed by atoms with Crippen molar-refractivity contribution in [2.24, 2.45) is 0 Å². The van der Waals surface area contributed by atoms with E-state index in [-0.39, 0.29) is 30.2 Å².